The van der Waals surface area contributed by atoms with E-state index < -0.39 is 0 Å². The Morgan fingerprint density at radius 3 is 1.95 bits per heavy atom. The number of thioether (sulfide) groups is 1. The van der Waals surface area contributed by atoms with Crippen molar-refractivity contribution in [2.45, 2.75) is 85.9 Å². The van der Waals surface area contributed by atoms with Crippen LogP contribution >= 0.6 is 11.8 Å². The van der Waals surface area contributed by atoms with Crippen LogP contribution in [-0.4, -0.2) is 10.5 Å². The number of para-hydroxylation sites is 2. The van der Waals surface area contributed by atoms with E-state index in [9.17, 15) is 5.11 Å². The molecule has 0 heterocycles. The molecule has 0 bridgehead atoms. The number of anilines is 4. The van der Waals surface area contributed by atoms with Gasteiger partial charge in [-0.05, 0) is 88.8 Å². The van der Waals surface area contributed by atoms with E-state index in [1.165, 1.54) is 35.5 Å². The molecular weight excluding hydrogens is 532 g/mol. The summed E-state index contributed by atoms with van der Waals surface area (Å²) in [5, 5.41) is 15.2. The Labute approximate surface area is 259 Å². The van der Waals surface area contributed by atoms with Crippen LogP contribution in [0.4, 0.5) is 22.7 Å². The van der Waals surface area contributed by atoms with Crippen LogP contribution in [0.1, 0.15) is 80.6 Å². The third-order valence-electron chi connectivity index (χ3n) is 8.04. The maximum atomic E-state index is 11.4. The van der Waals surface area contributed by atoms with Crippen LogP contribution in [0.5, 0.6) is 0 Å². The zero-order valence-electron chi connectivity index (χ0n) is 26.7. The molecule has 42 heavy (non-hydrogen) atoms. The van der Waals surface area contributed by atoms with Gasteiger partial charge in [0.25, 0.3) is 0 Å². The Kier molecular flexibility index (Phi) is 10.5. The predicted molar refractivity (Wildman–Crippen MR) is 185 cm³/mol. The van der Waals surface area contributed by atoms with Crippen LogP contribution < -0.4 is 10.2 Å². The number of nitrogens with one attached hydrogen (secondary N) is 1. The standard InChI is InChI=1S/C38H50N2OS/c1-8-9-12-21-35(42-32-26-33(37(2,3)4)36(41)34(27-32)38(5,6)7)40(30-19-15-11-16-20-30)31-24-22-29(23-25-31)39-28-17-13-10-14-18-28/h10-11,13-20,22-26,34-35,39,41H,8-9,12,21,27H2,1-7H3. The van der Waals surface area contributed by atoms with Gasteiger partial charge in [-0.2, -0.15) is 0 Å². The molecule has 4 rings (SSSR count). The molecular formula is C38H50N2OS. The fraction of sp³-hybridized carbons (Fsp3) is 0.421. The minimum Gasteiger partial charge on any atom is -0.512 e. The van der Waals surface area contributed by atoms with Gasteiger partial charge >= 0.3 is 0 Å². The summed E-state index contributed by atoms with van der Waals surface area (Å²) in [6, 6.07) is 30.0. The molecule has 4 heteroatoms. The molecule has 3 aromatic rings. The highest BCUT2D eigenvalue weighted by molar-refractivity contribution is 8.03. The number of benzene rings is 3. The lowest BCUT2D eigenvalue weighted by Crippen LogP contribution is -2.31. The third kappa shape index (κ3) is 8.25. The molecule has 2 N–H and O–H groups in total. The van der Waals surface area contributed by atoms with Gasteiger partial charge in [-0.25, -0.2) is 0 Å². The van der Waals surface area contributed by atoms with Crippen molar-refractivity contribution in [3.8, 4) is 0 Å². The second kappa shape index (κ2) is 13.9. The minimum atomic E-state index is -0.127. The summed E-state index contributed by atoms with van der Waals surface area (Å²) >= 11 is 1.99. The van der Waals surface area contributed by atoms with Crippen LogP contribution in [0, 0.1) is 16.7 Å². The molecule has 0 radical (unpaired) electrons. The topological polar surface area (TPSA) is 35.5 Å². The number of aliphatic hydroxyl groups is 1. The van der Waals surface area contributed by atoms with E-state index in [2.05, 4.69) is 144 Å². The number of nitrogens with zero attached hydrogens (tertiary/aromatic N) is 1. The Morgan fingerprint density at radius 2 is 1.38 bits per heavy atom. The van der Waals surface area contributed by atoms with E-state index in [0.29, 0.717) is 5.76 Å². The maximum Gasteiger partial charge on any atom is 0.0999 e. The fourth-order valence-corrected chi connectivity index (χ4v) is 7.06. The van der Waals surface area contributed by atoms with Crippen molar-refractivity contribution in [2.24, 2.45) is 16.7 Å². The highest BCUT2D eigenvalue weighted by Crippen LogP contribution is 2.49. The number of allylic oxidation sites excluding steroid dienone is 4. The van der Waals surface area contributed by atoms with Crippen LogP contribution in [0.3, 0.4) is 0 Å². The highest BCUT2D eigenvalue weighted by atomic mass is 32.2. The number of unbranched alkanes of at least 4 members (excludes halogenated alkanes) is 2. The Hall–Kier alpha value is -3.11. The summed E-state index contributed by atoms with van der Waals surface area (Å²) in [5.41, 5.74) is 5.47. The lowest BCUT2D eigenvalue weighted by molar-refractivity contribution is 0.190. The third-order valence-corrected chi connectivity index (χ3v) is 9.35. The average Bonchev–Trinajstić information content (AvgIpc) is 2.95. The Balaban J connectivity index is 1.72. The number of aliphatic hydroxyl groups excluding tert-OH is 1. The van der Waals surface area contributed by atoms with E-state index in [0.717, 1.165) is 29.8 Å². The molecule has 224 valence electrons. The fourth-order valence-electron chi connectivity index (χ4n) is 5.63. The van der Waals surface area contributed by atoms with Gasteiger partial charge in [-0.15, -0.1) is 11.8 Å². The summed E-state index contributed by atoms with van der Waals surface area (Å²) in [5.74, 6) is 0.673. The quantitative estimate of drug-likeness (QED) is 0.174. The van der Waals surface area contributed by atoms with Crippen LogP contribution in [0.25, 0.3) is 0 Å². The summed E-state index contributed by atoms with van der Waals surface area (Å²) in [7, 11) is 0. The van der Waals surface area contributed by atoms with E-state index in [1.807, 2.05) is 17.8 Å². The van der Waals surface area contributed by atoms with Crippen molar-refractivity contribution in [3.05, 3.63) is 107 Å². The summed E-state index contributed by atoms with van der Waals surface area (Å²) < 4.78 is 0. The lowest BCUT2D eigenvalue weighted by atomic mass is 9.71. The molecule has 3 aromatic carbocycles. The van der Waals surface area contributed by atoms with Crippen LogP contribution in [0.2, 0.25) is 0 Å². The van der Waals surface area contributed by atoms with E-state index in [-0.39, 0.29) is 22.1 Å². The number of hydrogen-bond donors (Lipinski definition) is 2. The Morgan fingerprint density at radius 1 is 0.810 bits per heavy atom. The first kappa shape index (κ1) is 31.8. The van der Waals surface area contributed by atoms with Crippen molar-refractivity contribution in [2.75, 3.05) is 10.2 Å². The van der Waals surface area contributed by atoms with Gasteiger partial charge in [0, 0.05) is 28.7 Å². The zero-order chi connectivity index (χ0) is 30.3. The van der Waals surface area contributed by atoms with E-state index >= 15 is 0 Å². The first-order valence-corrected chi connectivity index (χ1v) is 16.4. The van der Waals surface area contributed by atoms with Gasteiger partial charge in [0.05, 0.1) is 11.1 Å². The predicted octanol–water partition coefficient (Wildman–Crippen LogP) is 12.0. The van der Waals surface area contributed by atoms with Crippen molar-refractivity contribution in [3.63, 3.8) is 0 Å². The van der Waals surface area contributed by atoms with E-state index in [4.69, 9.17) is 0 Å². The maximum absolute atomic E-state index is 11.4. The second-order valence-corrected chi connectivity index (χ2v) is 14.9. The Bertz CT molecular complexity index is 1330. The zero-order valence-corrected chi connectivity index (χ0v) is 27.5. The highest BCUT2D eigenvalue weighted by Gasteiger charge is 2.37. The van der Waals surface area contributed by atoms with Crippen LogP contribution in [0.15, 0.2) is 107 Å². The molecule has 0 saturated heterocycles. The molecule has 0 spiro atoms. The van der Waals surface area contributed by atoms with Gasteiger partial charge in [-0.3, -0.25) is 0 Å². The van der Waals surface area contributed by atoms with Crippen molar-refractivity contribution in [1.82, 2.24) is 0 Å². The SMILES string of the molecule is CCCCCC(SC1=CC(C(C)(C)C)=C(O)C(C(C)(C)C)C1)N(c1ccccc1)c1ccc(Nc2ccccc2)cc1. The summed E-state index contributed by atoms with van der Waals surface area (Å²) in [4.78, 5) is 3.89. The molecule has 1 aliphatic rings. The molecule has 1 aliphatic carbocycles. The van der Waals surface area contributed by atoms with Crippen molar-refractivity contribution >= 4 is 34.5 Å². The molecule has 2 atom stereocenters. The number of rotatable bonds is 11. The second-order valence-electron chi connectivity index (χ2n) is 13.6. The van der Waals surface area contributed by atoms with Gasteiger partial charge in [0.1, 0.15) is 0 Å². The largest absolute Gasteiger partial charge is 0.512 e. The average molecular weight is 583 g/mol. The van der Waals surface area contributed by atoms with Gasteiger partial charge < -0.3 is 15.3 Å². The molecule has 0 aliphatic heterocycles. The smallest absolute Gasteiger partial charge is 0.0999 e. The number of hydrogen-bond acceptors (Lipinski definition) is 4. The molecule has 0 aromatic heterocycles. The van der Waals surface area contributed by atoms with Gasteiger partial charge in [0.2, 0.25) is 0 Å². The molecule has 0 fully saturated rings. The lowest BCUT2D eigenvalue weighted by Gasteiger charge is -2.39. The van der Waals surface area contributed by atoms with E-state index in [1.54, 1.807) is 0 Å². The molecule has 3 nitrogen and oxygen atoms in total. The molecule has 2 unspecified atom stereocenters. The summed E-state index contributed by atoms with van der Waals surface area (Å²) in [6.45, 7) is 15.7. The van der Waals surface area contributed by atoms with Crippen LogP contribution in [-0.2, 0) is 0 Å². The summed E-state index contributed by atoms with van der Waals surface area (Å²) in [6.07, 6.45) is 7.83. The van der Waals surface area contributed by atoms with Crippen molar-refractivity contribution in [1.29, 1.82) is 0 Å². The molecule has 0 saturated carbocycles. The first-order chi connectivity index (χ1) is 20.0. The molecule has 0 amide bonds. The van der Waals surface area contributed by atoms with Crippen molar-refractivity contribution < 1.29 is 5.11 Å². The van der Waals surface area contributed by atoms with Gasteiger partial charge in [-0.1, -0.05) is 104 Å². The normalized spacial score (nSPS) is 16.6. The van der Waals surface area contributed by atoms with Gasteiger partial charge in [0.15, 0.2) is 0 Å². The first-order valence-electron chi connectivity index (χ1n) is 15.5. The monoisotopic (exact) mass is 582 g/mol. The minimum absolute atomic E-state index is 0.0287.